The fourth-order valence-electron chi connectivity index (χ4n) is 2.42. The van der Waals surface area contributed by atoms with Crippen LogP contribution in [0.3, 0.4) is 0 Å². The van der Waals surface area contributed by atoms with E-state index in [2.05, 4.69) is 5.32 Å². The number of hydrogen-bond donors (Lipinski definition) is 1. The molecule has 0 spiro atoms. The molecule has 112 valence electrons. The van der Waals surface area contributed by atoms with Gasteiger partial charge >= 0.3 is 5.97 Å². The first-order valence-corrected chi connectivity index (χ1v) is 6.90. The first-order chi connectivity index (χ1) is 10.5. The Morgan fingerprint density at radius 3 is 2.86 bits per heavy atom. The van der Waals surface area contributed by atoms with Crippen LogP contribution in [-0.2, 0) is 16.0 Å². The Balaban J connectivity index is 1.79. The highest BCUT2D eigenvalue weighted by molar-refractivity contribution is 6.00. The Bertz CT molecular complexity index is 757. The number of nitrogens with one attached hydrogen (secondary N) is 1. The number of ether oxygens (including phenoxy) is 1. The zero-order valence-corrected chi connectivity index (χ0v) is 11.9. The van der Waals surface area contributed by atoms with E-state index in [4.69, 9.17) is 4.74 Å². The summed E-state index contributed by atoms with van der Waals surface area (Å²) in [5, 5.41) is 2.62. The van der Waals surface area contributed by atoms with E-state index in [1.54, 1.807) is 31.2 Å². The number of fused-ring (bicyclic) bond motifs is 1. The van der Waals surface area contributed by atoms with Gasteiger partial charge in [-0.05, 0) is 36.2 Å². The molecule has 4 nitrogen and oxygen atoms in total. The largest absolute Gasteiger partial charge is 0.448 e. The lowest BCUT2D eigenvalue weighted by Gasteiger charge is -2.24. The highest BCUT2D eigenvalue weighted by atomic mass is 19.1. The lowest BCUT2D eigenvalue weighted by atomic mass is 9.98. The number of aryl methyl sites for hydroxylation is 1. The van der Waals surface area contributed by atoms with Crippen LogP contribution in [0.2, 0.25) is 0 Å². The summed E-state index contributed by atoms with van der Waals surface area (Å²) in [4.78, 5) is 24.2. The minimum atomic E-state index is -0.912. The molecule has 3 rings (SSSR count). The van der Waals surface area contributed by atoms with Crippen LogP contribution < -0.4 is 5.32 Å². The van der Waals surface area contributed by atoms with E-state index in [0.717, 1.165) is 11.1 Å². The molecule has 0 radical (unpaired) electrons. The molecule has 1 amide bonds. The van der Waals surface area contributed by atoms with E-state index >= 15 is 0 Å². The SMILES string of the molecule is Cc1ccc(F)cc1NC(=O)[C@@H]1Cc2ccccc2C(=O)O1. The van der Waals surface area contributed by atoms with E-state index < -0.39 is 23.8 Å². The number of cyclic esters (lactones) is 1. The molecule has 2 aromatic rings. The van der Waals surface area contributed by atoms with E-state index in [1.807, 2.05) is 6.07 Å². The summed E-state index contributed by atoms with van der Waals surface area (Å²) >= 11 is 0. The number of esters is 1. The lowest BCUT2D eigenvalue weighted by molar-refractivity contribution is -0.125. The fraction of sp³-hybridized carbons (Fsp3) is 0.176. The molecule has 1 aliphatic rings. The highest BCUT2D eigenvalue weighted by Crippen LogP contribution is 2.22. The highest BCUT2D eigenvalue weighted by Gasteiger charge is 2.31. The monoisotopic (exact) mass is 299 g/mol. The summed E-state index contributed by atoms with van der Waals surface area (Å²) in [6.45, 7) is 1.76. The molecule has 0 unspecified atom stereocenters. The van der Waals surface area contributed by atoms with Crippen LogP contribution in [-0.4, -0.2) is 18.0 Å². The van der Waals surface area contributed by atoms with Gasteiger partial charge in [0.1, 0.15) is 5.82 Å². The van der Waals surface area contributed by atoms with E-state index in [-0.39, 0.29) is 0 Å². The van der Waals surface area contributed by atoms with Gasteiger partial charge in [-0.1, -0.05) is 24.3 Å². The quantitative estimate of drug-likeness (QED) is 0.868. The third-order valence-corrected chi connectivity index (χ3v) is 3.64. The third-order valence-electron chi connectivity index (χ3n) is 3.64. The first kappa shape index (κ1) is 14.3. The van der Waals surface area contributed by atoms with Crippen molar-refractivity contribution < 1.29 is 18.7 Å². The van der Waals surface area contributed by atoms with Crippen LogP contribution in [0.5, 0.6) is 0 Å². The number of rotatable bonds is 2. The predicted molar refractivity (Wildman–Crippen MR) is 79.1 cm³/mol. The van der Waals surface area contributed by atoms with Gasteiger partial charge in [-0.2, -0.15) is 0 Å². The van der Waals surface area contributed by atoms with Gasteiger partial charge in [-0.3, -0.25) is 4.79 Å². The third kappa shape index (κ3) is 2.70. The molecule has 1 aliphatic heterocycles. The summed E-state index contributed by atoms with van der Waals surface area (Å²) < 4.78 is 18.4. The molecule has 0 saturated heterocycles. The van der Waals surface area contributed by atoms with Gasteiger partial charge in [0, 0.05) is 12.1 Å². The number of benzene rings is 2. The summed E-state index contributed by atoms with van der Waals surface area (Å²) in [5.41, 5.74) is 2.36. The van der Waals surface area contributed by atoms with Crippen LogP contribution in [0.25, 0.3) is 0 Å². The maximum Gasteiger partial charge on any atom is 0.339 e. The number of carbonyl (C=O) groups is 2. The van der Waals surface area contributed by atoms with Gasteiger partial charge in [0.2, 0.25) is 0 Å². The molecule has 0 fully saturated rings. The van der Waals surface area contributed by atoms with Gasteiger partial charge in [-0.25, -0.2) is 9.18 Å². The molecule has 0 saturated carbocycles. The second kappa shape index (κ2) is 5.60. The van der Waals surface area contributed by atoms with Crippen molar-refractivity contribution in [3.05, 3.63) is 65.0 Å². The van der Waals surface area contributed by atoms with Crippen molar-refractivity contribution >= 4 is 17.6 Å². The van der Waals surface area contributed by atoms with E-state index in [1.165, 1.54) is 12.1 Å². The number of amides is 1. The molecule has 2 aromatic carbocycles. The van der Waals surface area contributed by atoms with Crippen molar-refractivity contribution in [2.75, 3.05) is 5.32 Å². The van der Waals surface area contributed by atoms with Crippen molar-refractivity contribution in [3.63, 3.8) is 0 Å². The van der Waals surface area contributed by atoms with Crippen LogP contribution in [0, 0.1) is 12.7 Å². The van der Waals surface area contributed by atoms with Crippen LogP contribution in [0.4, 0.5) is 10.1 Å². The Labute approximate surface area is 126 Å². The van der Waals surface area contributed by atoms with Crippen molar-refractivity contribution in [2.45, 2.75) is 19.4 Å². The predicted octanol–water partition coefficient (Wildman–Crippen LogP) is 2.85. The van der Waals surface area contributed by atoms with Crippen LogP contribution >= 0.6 is 0 Å². The fourth-order valence-corrected chi connectivity index (χ4v) is 2.42. The smallest absolute Gasteiger partial charge is 0.339 e. The number of halogens is 1. The molecule has 0 aliphatic carbocycles. The zero-order valence-electron chi connectivity index (χ0n) is 11.9. The summed E-state index contributed by atoms with van der Waals surface area (Å²) in [7, 11) is 0. The Kier molecular flexibility index (Phi) is 3.63. The summed E-state index contributed by atoms with van der Waals surface area (Å²) in [5.74, 6) is -1.42. The second-order valence-corrected chi connectivity index (χ2v) is 5.20. The van der Waals surface area contributed by atoms with Crippen LogP contribution in [0.15, 0.2) is 42.5 Å². The molecule has 0 aromatic heterocycles. The maximum absolute atomic E-state index is 13.3. The minimum absolute atomic E-state index is 0.308. The number of hydrogen-bond acceptors (Lipinski definition) is 3. The van der Waals surface area contributed by atoms with E-state index in [9.17, 15) is 14.0 Å². The number of anilines is 1. The molecule has 1 atom stereocenters. The van der Waals surface area contributed by atoms with Gasteiger partial charge in [0.15, 0.2) is 6.10 Å². The molecule has 1 N–H and O–H groups in total. The van der Waals surface area contributed by atoms with E-state index in [0.29, 0.717) is 17.7 Å². The molecule has 1 heterocycles. The van der Waals surface area contributed by atoms with Gasteiger partial charge in [-0.15, -0.1) is 0 Å². The standard InChI is InChI=1S/C17H14FNO3/c1-10-6-7-12(18)9-14(10)19-16(20)15-8-11-4-2-3-5-13(11)17(21)22-15/h2-7,9,15H,8H2,1H3,(H,19,20)/t15-/m0/s1. The maximum atomic E-state index is 13.3. The van der Waals surface area contributed by atoms with Crippen molar-refractivity contribution in [3.8, 4) is 0 Å². The number of carbonyl (C=O) groups excluding carboxylic acids is 2. The Morgan fingerprint density at radius 2 is 2.05 bits per heavy atom. The first-order valence-electron chi connectivity index (χ1n) is 6.90. The van der Waals surface area contributed by atoms with Gasteiger partial charge in [0.05, 0.1) is 5.56 Å². The molecular weight excluding hydrogens is 285 g/mol. The molecule has 22 heavy (non-hydrogen) atoms. The van der Waals surface area contributed by atoms with Crippen molar-refractivity contribution in [1.82, 2.24) is 0 Å². The Morgan fingerprint density at radius 1 is 1.27 bits per heavy atom. The van der Waals surface area contributed by atoms with Gasteiger partial charge < -0.3 is 10.1 Å². The second-order valence-electron chi connectivity index (χ2n) is 5.20. The minimum Gasteiger partial charge on any atom is -0.448 e. The summed E-state index contributed by atoms with van der Waals surface area (Å²) in [6, 6.07) is 11.2. The topological polar surface area (TPSA) is 55.4 Å². The Hall–Kier alpha value is -2.69. The molecular formula is C17H14FNO3. The summed E-state index contributed by atoms with van der Waals surface area (Å²) in [6.07, 6.45) is -0.604. The zero-order chi connectivity index (χ0) is 15.7. The lowest BCUT2D eigenvalue weighted by Crippen LogP contribution is -2.38. The average molecular weight is 299 g/mol. The molecule has 0 bridgehead atoms. The van der Waals surface area contributed by atoms with Crippen molar-refractivity contribution in [1.29, 1.82) is 0 Å². The normalized spacial score (nSPS) is 16.6. The van der Waals surface area contributed by atoms with Gasteiger partial charge in [0.25, 0.3) is 5.91 Å². The van der Waals surface area contributed by atoms with Crippen LogP contribution in [0.1, 0.15) is 21.5 Å². The average Bonchev–Trinajstić information content (AvgIpc) is 2.51. The van der Waals surface area contributed by atoms with Crippen molar-refractivity contribution in [2.24, 2.45) is 0 Å². The molecule has 5 heteroatoms.